The molecule has 3 aromatic rings. The number of hydrogen-bond acceptors (Lipinski definition) is 6. The fourth-order valence-corrected chi connectivity index (χ4v) is 2.66. The summed E-state index contributed by atoms with van der Waals surface area (Å²) >= 11 is 0. The number of non-ortho nitro benzene ring substituents is 1. The Morgan fingerprint density at radius 1 is 1.04 bits per heavy atom. The topological polar surface area (TPSA) is 106 Å². The molecule has 0 saturated heterocycles. The summed E-state index contributed by atoms with van der Waals surface area (Å²) < 4.78 is 1.64. The van der Waals surface area contributed by atoms with E-state index < -0.39 is 4.92 Å². The molecule has 1 aromatic heterocycles. The molecule has 0 saturated carbocycles. The van der Waals surface area contributed by atoms with Crippen molar-refractivity contribution in [2.75, 3.05) is 16.9 Å². The van der Waals surface area contributed by atoms with E-state index in [1.165, 1.54) is 29.2 Å². The van der Waals surface area contributed by atoms with Crippen LogP contribution in [0.15, 0.2) is 54.6 Å². The van der Waals surface area contributed by atoms with E-state index in [1.54, 1.807) is 4.68 Å². The number of rotatable bonds is 3. The fraction of sp³-hybridized carbons (Fsp3) is 0.0625. The van der Waals surface area contributed by atoms with E-state index in [2.05, 4.69) is 15.6 Å². The fourth-order valence-electron chi connectivity index (χ4n) is 2.66. The van der Waals surface area contributed by atoms with Gasteiger partial charge in [0.15, 0.2) is 5.82 Å². The lowest BCUT2D eigenvalue weighted by molar-refractivity contribution is -0.384. The molecule has 4 rings (SSSR count). The number of fused-ring (bicyclic) bond motifs is 1. The number of carbonyl (C=O) groups is 1. The minimum atomic E-state index is -0.487. The second kappa shape index (κ2) is 5.71. The van der Waals surface area contributed by atoms with E-state index >= 15 is 0 Å². The van der Waals surface area contributed by atoms with Gasteiger partial charge in [0.05, 0.1) is 10.6 Å². The highest BCUT2D eigenvalue weighted by Crippen LogP contribution is 2.30. The zero-order chi connectivity index (χ0) is 17.4. The molecule has 9 nitrogen and oxygen atoms in total. The molecule has 2 aromatic carbocycles. The second-order valence-electron chi connectivity index (χ2n) is 5.36. The highest BCUT2D eigenvalue weighted by atomic mass is 16.6. The summed E-state index contributed by atoms with van der Waals surface area (Å²) in [6.07, 6.45) is 0. The van der Waals surface area contributed by atoms with Crippen LogP contribution in [0.3, 0.4) is 0 Å². The van der Waals surface area contributed by atoms with Crippen LogP contribution >= 0.6 is 0 Å². The minimum Gasteiger partial charge on any atom is -0.312 e. The van der Waals surface area contributed by atoms with Crippen molar-refractivity contribution >= 4 is 23.2 Å². The Balaban J connectivity index is 1.77. The number of amides is 1. The second-order valence-corrected chi connectivity index (χ2v) is 5.36. The Bertz CT molecular complexity index is 952. The molecule has 1 amide bonds. The van der Waals surface area contributed by atoms with Crippen LogP contribution in [0.4, 0.5) is 17.3 Å². The Morgan fingerprint density at radius 2 is 1.76 bits per heavy atom. The van der Waals surface area contributed by atoms with E-state index in [4.69, 9.17) is 0 Å². The van der Waals surface area contributed by atoms with Crippen molar-refractivity contribution in [2.45, 2.75) is 0 Å². The van der Waals surface area contributed by atoms with Gasteiger partial charge in [-0.25, -0.2) is 9.58 Å². The number of anilines is 2. The van der Waals surface area contributed by atoms with Gasteiger partial charge in [0, 0.05) is 17.7 Å². The van der Waals surface area contributed by atoms with Crippen molar-refractivity contribution in [3.8, 4) is 11.4 Å². The summed E-state index contributed by atoms with van der Waals surface area (Å²) in [6, 6.07) is 15.2. The SMILES string of the molecule is O=C1CNn2c(-c3ccccc3)nnc2N1c1ccc([N+](=O)[O-])cc1. The van der Waals surface area contributed by atoms with Gasteiger partial charge >= 0.3 is 0 Å². The number of nitro benzene ring substituents is 1. The maximum absolute atomic E-state index is 12.4. The summed E-state index contributed by atoms with van der Waals surface area (Å²) in [5.41, 5.74) is 4.28. The molecule has 0 fully saturated rings. The van der Waals surface area contributed by atoms with Crippen LogP contribution in [0.1, 0.15) is 0 Å². The van der Waals surface area contributed by atoms with E-state index in [-0.39, 0.29) is 18.1 Å². The molecule has 0 atom stereocenters. The molecule has 2 heterocycles. The van der Waals surface area contributed by atoms with Gasteiger partial charge in [-0.3, -0.25) is 14.9 Å². The highest BCUT2D eigenvalue weighted by Gasteiger charge is 2.30. The van der Waals surface area contributed by atoms with Crippen molar-refractivity contribution in [2.24, 2.45) is 0 Å². The predicted octanol–water partition coefficient (Wildman–Crippen LogP) is 2.08. The number of nitro groups is 1. The zero-order valence-electron chi connectivity index (χ0n) is 12.9. The first kappa shape index (κ1) is 14.8. The summed E-state index contributed by atoms with van der Waals surface area (Å²) in [5, 5.41) is 19.1. The van der Waals surface area contributed by atoms with E-state index in [0.29, 0.717) is 17.5 Å². The first-order valence-corrected chi connectivity index (χ1v) is 7.47. The molecule has 1 N–H and O–H groups in total. The van der Waals surface area contributed by atoms with Gasteiger partial charge in [-0.05, 0) is 12.1 Å². The molecule has 25 heavy (non-hydrogen) atoms. The van der Waals surface area contributed by atoms with Gasteiger partial charge in [0.1, 0.15) is 6.54 Å². The highest BCUT2D eigenvalue weighted by molar-refractivity contribution is 6.02. The summed E-state index contributed by atoms with van der Waals surface area (Å²) in [7, 11) is 0. The third-order valence-electron chi connectivity index (χ3n) is 3.83. The van der Waals surface area contributed by atoms with Crippen molar-refractivity contribution < 1.29 is 9.72 Å². The van der Waals surface area contributed by atoms with E-state index in [9.17, 15) is 14.9 Å². The van der Waals surface area contributed by atoms with Crippen LogP contribution in [0.5, 0.6) is 0 Å². The third kappa shape index (κ3) is 2.47. The largest absolute Gasteiger partial charge is 0.312 e. The molecular weight excluding hydrogens is 324 g/mol. The van der Waals surface area contributed by atoms with Crippen LogP contribution in [0.2, 0.25) is 0 Å². The van der Waals surface area contributed by atoms with Gasteiger partial charge in [0.2, 0.25) is 0 Å². The summed E-state index contributed by atoms with van der Waals surface area (Å²) in [4.78, 5) is 24.1. The van der Waals surface area contributed by atoms with Gasteiger partial charge in [0.25, 0.3) is 17.5 Å². The van der Waals surface area contributed by atoms with Crippen LogP contribution in [0.25, 0.3) is 11.4 Å². The van der Waals surface area contributed by atoms with Gasteiger partial charge < -0.3 is 5.43 Å². The normalized spacial score (nSPS) is 13.3. The van der Waals surface area contributed by atoms with Crippen LogP contribution in [-0.2, 0) is 4.79 Å². The van der Waals surface area contributed by atoms with E-state index in [1.807, 2.05) is 30.3 Å². The smallest absolute Gasteiger partial charge is 0.269 e. The lowest BCUT2D eigenvalue weighted by Crippen LogP contribution is -2.42. The van der Waals surface area contributed by atoms with Crippen LogP contribution < -0.4 is 10.3 Å². The molecular formula is C16H12N6O3. The van der Waals surface area contributed by atoms with Crippen LogP contribution in [-0.4, -0.2) is 32.2 Å². The van der Waals surface area contributed by atoms with Gasteiger partial charge in [-0.15, -0.1) is 10.2 Å². The maximum atomic E-state index is 12.4. The van der Waals surface area contributed by atoms with Crippen LogP contribution in [0, 0.1) is 10.1 Å². The number of benzene rings is 2. The van der Waals surface area contributed by atoms with Crippen molar-refractivity contribution in [3.05, 3.63) is 64.7 Å². The first-order chi connectivity index (χ1) is 12.1. The Labute approximate surface area is 141 Å². The molecule has 124 valence electrons. The lowest BCUT2D eigenvalue weighted by atomic mass is 10.2. The number of carbonyl (C=O) groups excluding carboxylic acids is 1. The Hall–Kier alpha value is -3.75. The Morgan fingerprint density at radius 3 is 2.44 bits per heavy atom. The summed E-state index contributed by atoms with van der Waals surface area (Å²) in [6.45, 7) is 0.0574. The molecule has 0 radical (unpaired) electrons. The summed E-state index contributed by atoms with van der Waals surface area (Å²) in [5.74, 6) is 0.660. The lowest BCUT2D eigenvalue weighted by Gasteiger charge is -2.27. The monoisotopic (exact) mass is 336 g/mol. The minimum absolute atomic E-state index is 0.0437. The quantitative estimate of drug-likeness (QED) is 0.580. The number of nitrogens with zero attached hydrogens (tertiary/aromatic N) is 5. The van der Waals surface area contributed by atoms with Gasteiger partial charge in [-0.1, -0.05) is 30.3 Å². The molecule has 1 aliphatic rings. The third-order valence-corrected chi connectivity index (χ3v) is 3.83. The zero-order valence-corrected chi connectivity index (χ0v) is 12.9. The number of hydrogen-bond donors (Lipinski definition) is 1. The molecule has 9 heteroatoms. The maximum Gasteiger partial charge on any atom is 0.269 e. The molecule has 1 aliphatic heterocycles. The average molecular weight is 336 g/mol. The van der Waals surface area contributed by atoms with Gasteiger partial charge in [-0.2, -0.15) is 0 Å². The van der Waals surface area contributed by atoms with E-state index in [0.717, 1.165) is 5.56 Å². The average Bonchev–Trinajstić information content (AvgIpc) is 3.06. The standard InChI is InChI=1S/C16H12N6O3/c23-14-10-17-21-15(11-4-2-1-3-5-11)18-19-16(21)20(14)12-6-8-13(9-7-12)22(24)25/h1-9,17H,10H2. The predicted molar refractivity (Wildman–Crippen MR) is 89.9 cm³/mol. The number of aromatic nitrogens is 3. The Kier molecular flexibility index (Phi) is 3.38. The van der Waals surface area contributed by atoms with Crippen molar-refractivity contribution in [3.63, 3.8) is 0 Å². The molecule has 0 spiro atoms. The van der Waals surface area contributed by atoms with Crippen molar-refractivity contribution in [1.82, 2.24) is 14.9 Å². The van der Waals surface area contributed by atoms with Crippen molar-refractivity contribution in [1.29, 1.82) is 0 Å². The molecule has 0 aliphatic carbocycles. The number of nitrogens with one attached hydrogen (secondary N) is 1. The first-order valence-electron chi connectivity index (χ1n) is 7.47. The molecule has 0 bridgehead atoms. The molecule has 0 unspecified atom stereocenters.